The SMILES string of the molecule is O=C1c2ccc3ccccc3c2C(=O)N1CCCCl. The van der Waals surface area contributed by atoms with Gasteiger partial charge < -0.3 is 0 Å². The second-order valence-corrected chi connectivity index (χ2v) is 4.89. The van der Waals surface area contributed by atoms with Gasteiger partial charge in [0.2, 0.25) is 0 Å². The Balaban J connectivity index is 2.14. The van der Waals surface area contributed by atoms with Crippen molar-refractivity contribution in [2.24, 2.45) is 0 Å². The van der Waals surface area contributed by atoms with Crippen LogP contribution in [0, 0.1) is 0 Å². The number of imide groups is 1. The van der Waals surface area contributed by atoms with E-state index in [9.17, 15) is 9.59 Å². The maximum Gasteiger partial charge on any atom is 0.262 e. The molecule has 0 aromatic heterocycles. The summed E-state index contributed by atoms with van der Waals surface area (Å²) in [6, 6.07) is 11.2. The Hall–Kier alpha value is -1.87. The summed E-state index contributed by atoms with van der Waals surface area (Å²) in [7, 11) is 0. The third-order valence-corrected chi connectivity index (χ3v) is 3.65. The number of hydrogen-bond acceptors (Lipinski definition) is 2. The Bertz CT molecular complexity index is 681. The Labute approximate surface area is 115 Å². The molecule has 19 heavy (non-hydrogen) atoms. The minimum atomic E-state index is -0.212. The fourth-order valence-corrected chi connectivity index (χ4v) is 2.59. The standard InChI is InChI=1S/C15H12ClNO2/c16-8-3-9-17-14(18)12-7-6-10-4-1-2-5-11(10)13(12)15(17)19/h1-2,4-7H,3,8-9H2. The highest BCUT2D eigenvalue weighted by Crippen LogP contribution is 2.30. The molecule has 4 heteroatoms. The number of alkyl halides is 1. The molecule has 2 aromatic carbocycles. The molecular formula is C15H12ClNO2. The summed E-state index contributed by atoms with van der Waals surface area (Å²) >= 11 is 5.63. The number of benzene rings is 2. The number of hydrogen-bond donors (Lipinski definition) is 0. The number of carbonyl (C=O) groups is 2. The molecule has 0 spiro atoms. The largest absolute Gasteiger partial charge is 0.274 e. The zero-order valence-electron chi connectivity index (χ0n) is 10.2. The number of fused-ring (bicyclic) bond motifs is 3. The third kappa shape index (κ3) is 1.81. The van der Waals surface area contributed by atoms with E-state index >= 15 is 0 Å². The van der Waals surface area contributed by atoms with Gasteiger partial charge in [0.1, 0.15) is 0 Å². The lowest BCUT2D eigenvalue weighted by molar-refractivity contribution is 0.0655. The predicted molar refractivity (Wildman–Crippen MR) is 74.7 cm³/mol. The fourth-order valence-electron chi connectivity index (χ4n) is 2.47. The summed E-state index contributed by atoms with van der Waals surface area (Å²) in [6.45, 7) is 0.379. The van der Waals surface area contributed by atoms with E-state index in [0.29, 0.717) is 30.0 Å². The first-order valence-electron chi connectivity index (χ1n) is 6.18. The van der Waals surface area contributed by atoms with Crippen molar-refractivity contribution in [1.82, 2.24) is 4.90 Å². The van der Waals surface area contributed by atoms with Crippen LogP contribution in [0.1, 0.15) is 27.1 Å². The number of nitrogens with zero attached hydrogens (tertiary/aromatic N) is 1. The molecule has 1 aliphatic rings. The molecule has 3 rings (SSSR count). The number of amides is 2. The van der Waals surface area contributed by atoms with Crippen molar-refractivity contribution in [1.29, 1.82) is 0 Å². The third-order valence-electron chi connectivity index (χ3n) is 3.38. The van der Waals surface area contributed by atoms with Gasteiger partial charge in [-0.2, -0.15) is 0 Å². The molecule has 1 aliphatic heterocycles. The van der Waals surface area contributed by atoms with Gasteiger partial charge in [-0.05, 0) is 23.3 Å². The number of rotatable bonds is 3. The van der Waals surface area contributed by atoms with E-state index in [1.165, 1.54) is 4.90 Å². The van der Waals surface area contributed by atoms with Crippen LogP contribution in [-0.4, -0.2) is 29.1 Å². The zero-order valence-corrected chi connectivity index (χ0v) is 11.0. The van der Waals surface area contributed by atoms with Crippen molar-refractivity contribution in [2.75, 3.05) is 12.4 Å². The van der Waals surface area contributed by atoms with Crippen LogP contribution < -0.4 is 0 Å². The van der Waals surface area contributed by atoms with E-state index in [1.54, 1.807) is 6.07 Å². The Kier molecular flexibility index (Phi) is 2.99. The highest BCUT2D eigenvalue weighted by molar-refractivity contribution is 6.26. The van der Waals surface area contributed by atoms with E-state index in [2.05, 4.69) is 0 Å². The van der Waals surface area contributed by atoms with E-state index < -0.39 is 0 Å². The second kappa shape index (κ2) is 4.67. The highest BCUT2D eigenvalue weighted by Gasteiger charge is 2.36. The molecule has 1 heterocycles. The first-order chi connectivity index (χ1) is 9.24. The van der Waals surface area contributed by atoms with Gasteiger partial charge in [0.15, 0.2) is 0 Å². The highest BCUT2D eigenvalue weighted by atomic mass is 35.5. The summed E-state index contributed by atoms with van der Waals surface area (Å²) in [4.78, 5) is 25.9. The smallest absolute Gasteiger partial charge is 0.262 e. The van der Waals surface area contributed by atoms with Crippen LogP contribution in [0.5, 0.6) is 0 Å². The summed E-state index contributed by atoms with van der Waals surface area (Å²) < 4.78 is 0. The summed E-state index contributed by atoms with van der Waals surface area (Å²) in [6.07, 6.45) is 0.616. The Morgan fingerprint density at radius 1 is 1.00 bits per heavy atom. The van der Waals surface area contributed by atoms with E-state index in [1.807, 2.05) is 30.3 Å². The molecule has 2 amide bonds. The Morgan fingerprint density at radius 2 is 1.79 bits per heavy atom. The lowest BCUT2D eigenvalue weighted by Gasteiger charge is -2.12. The maximum absolute atomic E-state index is 12.4. The van der Waals surface area contributed by atoms with Crippen molar-refractivity contribution in [3.05, 3.63) is 47.5 Å². The van der Waals surface area contributed by atoms with E-state index in [4.69, 9.17) is 11.6 Å². The van der Waals surface area contributed by atoms with Crippen LogP contribution in [0.2, 0.25) is 0 Å². The Morgan fingerprint density at radius 3 is 2.58 bits per heavy atom. The normalized spacial score (nSPS) is 14.3. The van der Waals surface area contributed by atoms with Crippen molar-refractivity contribution in [3.63, 3.8) is 0 Å². The maximum atomic E-state index is 12.4. The predicted octanol–water partition coefficient (Wildman–Crippen LogP) is 3.06. The van der Waals surface area contributed by atoms with Crippen molar-refractivity contribution < 1.29 is 9.59 Å². The van der Waals surface area contributed by atoms with Crippen LogP contribution >= 0.6 is 11.6 Å². The quantitative estimate of drug-likeness (QED) is 0.637. The molecule has 0 saturated heterocycles. The minimum absolute atomic E-state index is 0.207. The summed E-state index contributed by atoms with van der Waals surface area (Å²) in [5.74, 6) is 0.0199. The first kappa shape index (κ1) is 12.2. The summed E-state index contributed by atoms with van der Waals surface area (Å²) in [5.41, 5.74) is 1.02. The molecule has 2 aromatic rings. The van der Waals surface area contributed by atoms with Crippen molar-refractivity contribution in [3.8, 4) is 0 Å². The van der Waals surface area contributed by atoms with Gasteiger partial charge in [-0.3, -0.25) is 14.5 Å². The monoisotopic (exact) mass is 273 g/mol. The summed E-state index contributed by atoms with van der Waals surface area (Å²) in [5, 5.41) is 1.81. The van der Waals surface area contributed by atoms with Crippen LogP contribution in [-0.2, 0) is 0 Å². The zero-order chi connectivity index (χ0) is 13.4. The second-order valence-electron chi connectivity index (χ2n) is 4.51. The average molecular weight is 274 g/mol. The topological polar surface area (TPSA) is 37.4 Å². The van der Waals surface area contributed by atoms with Gasteiger partial charge in [0.25, 0.3) is 11.8 Å². The molecule has 0 atom stereocenters. The molecule has 0 saturated carbocycles. The molecule has 0 fully saturated rings. The van der Waals surface area contributed by atoms with Gasteiger partial charge in [-0.1, -0.05) is 30.3 Å². The molecule has 0 N–H and O–H groups in total. The van der Waals surface area contributed by atoms with Gasteiger partial charge >= 0.3 is 0 Å². The van der Waals surface area contributed by atoms with Crippen molar-refractivity contribution in [2.45, 2.75) is 6.42 Å². The van der Waals surface area contributed by atoms with Gasteiger partial charge in [-0.25, -0.2) is 0 Å². The molecule has 0 aliphatic carbocycles. The molecule has 96 valence electrons. The molecule has 0 radical (unpaired) electrons. The van der Waals surface area contributed by atoms with E-state index in [-0.39, 0.29) is 11.8 Å². The van der Waals surface area contributed by atoms with Crippen LogP contribution in [0.4, 0.5) is 0 Å². The van der Waals surface area contributed by atoms with Gasteiger partial charge in [-0.15, -0.1) is 11.6 Å². The average Bonchev–Trinajstić information content (AvgIpc) is 2.69. The lowest BCUT2D eigenvalue weighted by atomic mass is 10.0. The van der Waals surface area contributed by atoms with Crippen LogP contribution in [0.25, 0.3) is 10.8 Å². The molecule has 0 unspecified atom stereocenters. The first-order valence-corrected chi connectivity index (χ1v) is 6.71. The van der Waals surface area contributed by atoms with Crippen molar-refractivity contribution >= 4 is 34.2 Å². The van der Waals surface area contributed by atoms with E-state index in [0.717, 1.165) is 10.8 Å². The van der Waals surface area contributed by atoms with Crippen LogP contribution in [0.3, 0.4) is 0 Å². The lowest BCUT2D eigenvalue weighted by Crippen LogP contribution is -2.30. The van der Waals surface area contributed by atoms with Gasteiger partial charge in [0.05, 0.1) is 11.1 Å². The van der Waals surface area contributed by atoms with Crippen LogP contribution in [0.15, 0.2) is 36.4 Å². The van der Waals surface area contributed by atoms with Gasteiger partial charge in [0, 0.05) is 12.4 Å². The minimum Gasteiger partial charge on any atom is -0.274 e. The number of carbonyl (C=O) groups excluding carboxylic acids is 2. The molecular weight excluding hydrogens is 262 g/mol. The molecule has 0 bridgehead atoms. The fraction of sp³-hybridized carbons (Fsp3) is 0.200. The number of halogens is 1. The molecule has 3 nitrogen and oxygen atoms in total.